The summed E-state index contributed by atoms with van der Waals surface area (Å²) in [7, 11) is 1.62. The van der Waals surface area contributed by atoms with Gasteiger partial charge in [0.05, 0.1) is 18.2 Å². The van der Waals surface area contributed by atoms with Crippen molar-refractivity contribution in [1.82, 2.24) is 5.32 Å². The average molecular weight is 380 g/mol. The monoisotopic (exact) mass is 379 g/mol. The van der Waals surface area contributed by atoms with E-state index in [1.165, 1.54) is 11.3 Å². The highest BCUT2D eigenvalue weighted by Crippen LogP contribution is 2.37. The lowest BCUT2D eigenvalue weighted by atomic mass is 10.1. The smallest absolute Gasteiger partial charge is 0.263 e. The van der Waals surface area contributed by atoms with Gasteiger partial charge in [0.15, 0.2) is 0 Å². The van der Waals surface area contributed by atoms with Gasteiger partial charge in [0.25, 0.3) is 5.91 Å². The number of hydrogen-bond acceptors (Lipinski definition) is 3. The molecule has 3 aromatic rings. The quantitative estimate of drug-likeness (QED) is 0.630. The lowest BCUT2D eigenvalue weighted by Crippen LogP contribution is -2.26. The van der Waals surface area contributed by atoms with Crippen LogP contribution in [0, 0.1) is 0 Å². The largest absolute Gasteiger partial charge is 0.497 e. The summed E-state index contributed by atoms with van der Waals surface area (Å²) in [6, 6.07) is 12.8. The topological polar surface area (TPSA) is 38.3 Å². The van der Waals surface area contributed by atoms with Gasteiger partial charge < -0.3 is 10.1 Å². The molecule has 24 heavy (non-hydrogen) atoms. The molecule has 1 amide bonds. The second-order valence-electron chi connectivity index (χ2n) is 5.36. The average Bonchev–Trinajstić information content (AvgIpc) is 2.91. The molecule has 0 aliphatic carbocycles. The Bertz CT molecular complexity index is 907. The maximum Gasteiger partial charge on any atom is 0.263 e. The maximum absolute atomic E-state index is 12.6. The first kappa shape index (κ1) is 17.1. The predicted molar refractivity (Wildman–Crippen MR) is 101 cm³/mol. The summed E-state index contributed by atoms with van der Waals surface area (Å²) in [5.74, 6) is 0.552. The lowest BCUT2D eigenvalue weighted by Gasteiger charge is -2.14. The number of carbonyl (C=O) groups is 1. The summed E-state index contributed by atoms with van der Waals surface area (Å²) in [5.41, 5.74) is 0.961. The normalized spacial score (nSPS) is 12.2. The summed E-state index contributed by atoms with van der Waals surface area (Å²) in [4.78, 5) is 13.1. The van der Waals surface area contributed by atoms with E-state index in [9.17, 15) is 4.79 Å². The van der Waals surface area contributed by atoms with Crippen LogP contribution in [-0.2, 0) is 0 Å². The van der Waals surface area contributed by atoms with Gasteiger partial charge in [0, 0.05) is 15.1 Å². The third kappa shape index (κ3) is 3.36. The molecule has 1 atom stereocenters. The van der Waals surface area contributed by atoms with Gasteiger partial charge in [-0.1, -0.05) is 41.4 Å². The minimum Gasteiger partial charge on any atom is -0.497 e. The predicted octanol–water partition coefficient (Wildman–Crippen LogP) is 5.71. The molecule has 1 aromatic heterocycles. The van der Waals surface area contributed by atoms with Crippen LogP contribution < -0.4 is 10.1 Å². The molecule has 0 bridgehead atoms. The van der Waals surface area contributed by atoms with Crippen molar-refractivity contribution in [3.8, 4) is 5.75 Å². The van der Waals surface area contributed by atoms with Crippen LogP contribution in [0.1, 0.15) is 28.2 Å². The van der Waals surface area contributed by atoms with Gasteiger partial charge in [-0.2, -0.15) is 0 Å². The van der Waals surface area contributed by atoms with Gasteiger partial charge in [-0.05, 0) is 36.8 Å². The van der Waals surface area contributed by atoms with E-state index in [1.54, 1.807) is 13.2 Å². The minimum absolute atomic E-state index is 0.169. The Morgan fingerprint density at radius 3 is 2.75 bits per heavy atom. The van der Waals surface area contributed by atoms with Gasteiger partial charge in [-0.3, -0.25) is 4.79 Å². The number of amides is 1. The Kier molecular flexibility index (Phi) is 4.99. The Hall–Kier alpha value is -1.75. The number of nitrogens with one attached hydrogen (secondary N) is 1. The van der Waals surface area contributed by atoms with Crippen LogP contribution in [0.15, 0.2) is 42.5 Å². The molecule has 0 saturated heterocycles. The molecule has 0 aliphatic heterocycles. The van der Waals surface area contributed by atoms with Crippen molar-refractivity contribution in [2.45, 2.75) is 13.0 Å². The standard InChI is InChI=1S/C18H15Cl2NO2S/c1-10(11-4-3-5-13(8-11)23-2)21-18(22)17-16(20)14-7-6-12(19)9-15(14)24-17/h3-10H,1-2H3,(H,21,22)/t10-/m1/s1. The molecular weight excluding hydrogens is 365 g/mol. The van der Waals surface area contributed by atoms with Crippen molar-refractivity contribution in [2.24, 2.45) is 0 Å². The molecule has 0 aliphatic rings. The fourth-order valence-electron chi connectivity index (χ4n) is 2.44. The zero-order chi connectivity index (χ0) is 17.3. The highest BCUT2D eigenvalue weighted by molar-refractivity contribution is 7.21. The zero-order valence-electron chi connectivity index (χ0n) is 13.1. The van der Waals surface area contributed by atoms with Gasteiger partial charge in [-0.15, -0.1) is 11.3 Å². The second-order valence-corrected chi connectivity index (χ2v) is 7.22. The van der Waals surface area contributed by atoms with Crippen LogP contribution in [-0.4, -0.2) is 13.0 Å². The lowest BCUT2D eigenvalue weighted by molar-refractivity contribution is 0.0944. The van der Waals surface area contributed by atoms with Crippen LogP contribution >= 0.6 is 34.5 Å². The molecule has 0 spiro atoms. The molecule has 0 saturated carbocycles. The van der Waals surface area contributed by atoms with E-state index in [-0.39, 0.29) is 11.9 Å². The molecule has 0 unspecified atom stereocenters. The molecule has 124 valence electrons. The molecule has 1 heterocycles. The van der Waals surface area contributed by atoms with Gasteiger partial charge in [0.1, 0.15) is 10.6 Å². The fraction of sp³-hybridized carbons (Fsp3) is 0.167. The minimum atomic E-state index is -0.201. The van der Waals surface area contributed by atoms with E-state index in [0.29, 0.717) is 14.9 Å². The molecule has 2 aromatic carbocycles. The van der Waals surface area contributed by atoms with Crippen molar-refractivity contribution in [3.63, 3.8) is 0 Å². The maximum atomic E-state index is 12.6. The van der Waals surface area contributed by atoms with E-state index in [1.807, 2.05) is 43.3 Å². The van der Waals surface area contributed by atoms with Crippen molar-refractivity contribution >= 4 is 50.5 Å². The van der Waals surface area contributed by atoms with Gasteiger partial charge in [0.2, 0.25) is 0 Å². The van der Waals surface area contributed by atoms with E-state index < -0.39 is 0 Å². The molecular formula is C18H15Cl2NO2S. The van der Waals surface area contributed by atoms with E-state index >= 15 is 0 Å². The summed E-state index contributed by atoms with van der Waals surface area (Å²) in [6.07, 6.45) is 0. The summed E-state index contributed by atoms with van der Waals surface area (Å²) >= 11 is 13.7. The summed E-state index contributed by atoms with van der Waals surface area (Å²) in [5, 5.41) is 4.90. The van der Waals surface area contributed by atoms with Crippen LogP contribution in [0.4, 0.5) is 0 Å². The zero-order valence-corrected chi connectivity index (χ0v) is 15.4. The van der Waals surface area contributed by atoms with Gasteiger partial charge >= 0.3 is 0 Å². The first-order valence-electron chi connectivity index (χ1n) is 7.32. The highest BCUT2D eigenvalue weighted by Gasteiger charge is 2.19. The van der Waals surface area contributed by atoms with Crippen molar-refractivity contribution in [1.29, 1.82) is 0 Å². The first-order chi connectivity index (χ1) is 11.5. The Morgan fingerprint density at radius 1 is 1.21 bits per heavy atom. The highest BCUT2D eigenvalue weighted by atomic mass is 35.5. The van der Waals surface area contributed by atoms with Crippen LogP contribution in [0.25, 0.3) is 10.1 Å². The number of rotatable bonds is 4. The molecule has 3 rings (SSSR count). The van der Waals surface area contributed by atoms with Crippen molar-refractivity contribution < 1.29 is 9.53 Å². The second kappa shape index (κ2) is 7.01. The number of ether oxygens (including phenoxy) is 1. The van der Waals surface area contributed by atoms with E-state index in [2.05, 4.69) is 5.32 Å². The number of methoxy groups -OCH3 is 1. The summed E-state index contributed by atoms with van der Waals surface area (Å²) in [6.45, 7) is 1.92. The van der Waals surface area contributed by atoms with Crippen LogP contribution in [0.2, 0.25) is 10.0 Å². The first-order valence-corrected chi connectivity index (χ1v) is 8.89. The molecule has 6 heteroatoms. The SMILES string of the molecule is COc1cccc([C@@H](C)NC(=O)c2sc3cc(Cl)ccc3c2Cl)c1. The number of carbonyl (C=O) groups excluding carboxylic acids is 1. The number of benzene rings is 2. The van der Waals surface area contributed by atoms with Crippen LogP contribution in [0.5, 0.6) is 5.75 Å². The Labute approximate surface area is 154 Å². The third-order valence-electron chi connectivity index (χ3n) is 3.74. The number of fused-ring (bicyclic) bond motifs is 1. The molecule has 1 N–H and O–H groups in total. The van der Waals surface area contributed by atoms with Crippen molar-refractivity contribution in [3.05, 3.63) is 63.0 Å². The number of hydrogen-bond donors (Lipinski definition) is 1. The summed E-state index contributed by atoms with van der Waals surface area (Å²) < 4.78 is 6.12. The van der Waals surface area contributed by atoms with E-state index in [4.69, 9.17) is 27.9 Å². The van der Waals surface area contributed by atoms with Crippen LogP contribution in [0.3, 0.4) is 0 Å². The number of halogens is 2. The Balaban J connectivity index is 1.85. The molecule has 3 nitrogen and oxygen atoms in total. The Morgan fingerprint density at radius 2 is 2.00 bits per heavy atom. The molecule has 0 fully saturated rings. The third-order valence-corrected chi connectivity index (χ3v) is 5.63. The van der Waals surface area contributed by atoms with Gasteiger partial charge in [-0.25, -0.2) is 0 Å². The van der Waals surface area contributed by atoms with Crippen molar-refractivity contribution in [2.75, 3.05) is 7.11 Å². The fourth-order valence-corrected chi connectivity index (χ4v) is 4.14. The van der Waals surface area contributed by atoms with E-state index in [0.717, 1.165) is 21.4 Å². The molecule has 0 radical (unpaired) electrons. The number of thiophene rings is 1.